The van der Waals surface area contributed by atoms with Crippen LogP contribution < -0.4 is 9.47 Å². The summed E-state index contributed by atoms with van der Waals surface area (Å²) in [6, 6.07) is 6.90. The van der Waals surface area contributed by atoms with Crippen molar-refractivity contribution in [3.8, 4) is 17.2 Å². The molecule has 2 aromatic rings. The minimum atomic E-state index is -0.0722. The number of methoxy groups -OCH3 is 2. The molecule has 0 spiro atoms. The Hall–Kier alpha value is -2.23. The van der Waals surface area contributed by atoms with Crippen LogP contribution in [-0.2, 0) is 0 Å². The van der Waals surface area contributed by atoms with E-state index in [9.17, 15) is 9.90 Å². The van der Waals surface area contributed by atoms with E-state index in [1.54, 1.807) is 31.4 Å². The van der Waals surface area contributed by atoms with Crippen molar-refractivity contribution in [3.05, 3.63) is 29.8 Å². The third kappa shape index (κ3) is 1.78. The second-order valence-corrected chi connectivity index (χ2v) is 3.55. The molecule has 17 heavy (non-hydrogen) atoms. The van der Waals surface area contributed by atoms with Crippen LogP contribution >= 0.6 is 0 Å². The molecular formula is C13H12O4. The van der Waals surface area contributed by atoms with Crippen molar-refractivity contribution in [1.82, 2.24) is 0 Å². The topological polar surface area (TPSA) is 55.8 Å². The van der Waals surface area contributed by atoms with Crippen molar-refractivity contribution in [2.75, 3.05) is 14.2 Å². The zero-order valence-corrected chi connectivity index (χ0v) is 9.56. The summed E-state index contributed by atoms with van der Waals surface area (Å²) >= 11 is 0. The van der Waals surface area contributed by atoms with Crippen molar-refractivity contribution >= 4 is 17.1 Å². The summed E-state index contributed by atoms with van der Waals surface area (Å²) < 4.78 is 10.2. The van der Waals surface area contributed by atoms with Crippen LogP contribution in [0.3, 0.4) is 0 Å². The fourth-order valence-corrected chi connectivity index (χ4v) is 1.77. The molecule has 0 unspecified atom stereocenters. The molecule has 0 aliphatic carbocycles. The Balaban J connectivity index is 2.80. The molecule has 2 rings (SSSR count). The number of hydrogen-bond donors (Lipinski definition) is 1. The van der Waals surface area contributed by atoms with Crippen LogP contribution in [0.4, 0.5) is 0 Å². The lowest BCUT2D eigenvalue weighted by Gasteiger charge is -2.10. The fourth-order valence-electron chi connectivity index (χ4n) is 1.77. The lowest BCUT2D eigenvalue weighted by atomic mass is 10.0. The molecule has 4 nitrogen and oxygen atoms in total. The standard InChI is InChI=1S/C13H12O4/c1-16-9-3-4-10-8(5-9)6-12(17-2)11(7-14)13(10)15/h3-7,15H,1-2H3. The van der Waals surface area contributed by atoms with Crippen molar-refractivity contribution < 1.29 is 19.4 Å². The number of aldehydes is 1. The minimum absolute atomic E-state index is 0.0722. The molecule has 0 fully saturated rings. The molecule has 1 N–H and O–H groups in total. The highest BCUT2D eigenvalue weighted by molar-refractivity contribution is 5.99. The number of rotatable bonds is 3. The molecule has 0 aliphatic heterocycles. The molecule has 4 heteroatoms. The van der Waals surface area contributed by atoms with Crippen LogP contribution in [0, 0.1) is 0 Å². The van der Waals surface area contributed by atoms with E-state index in [-0.39, 0.29) is 11.3 Å². The summed E-state index contributed by atoms with van der Waals surface area (Å²) in [6.45, 7) is 0. The predicted molar refractivity (Wildman–Crippen MR) is 64.1 cm³/mol. The first-order valence-corrected chi connectivity index (χ1v) is 5.04. The summed E-state index contributed by atoms with van der Waals surface area (Å²) in [7, 11) is 3.02. The van der Waals surface area contributed by atoms with Crippen molar-refractivity contribution in [2.45, 2.75) is 0 Å². The molecule has 0 atom stereocenters. The van der Waals surface area contributed by atoms with Crippen LogP contribution in [0.15, 0.2) is 24.3 Å². The molecule has 0 heterocycles. The lowest BCUT2D eigenvalue weighted by Crippen LogP contribution is -1.92. The van der Waals surface area contributed by atoms with E-state index in [1.807, 2.05) is 0 Å². The third-order valence-electron chi connectivity index (χ3n) is 2.66. The van der Waals surface area contributed by atoms with Crippen molar-refractivity contribution in [2.24, 2.45) is 0 Å². The number of phenolic OH excluding ortho intramolecular Hbond substituents is 1. The lowest BCUT2D eigenvalue weighted by molar-refractivity contribution is 0.111. The van der Waals surface area contributed by atoms with Gasteiger partial charge in [-0.3, -0.25) is 4.79 Å². The van der Waals surface area contributed by atoms with Crippen LogP contribution in [0.1, 0.15) is 10.4 Å². The molecule has 0 saturated carbocycles. The largest absolute Gasteiger partial charge is 0.506 e. The van der Waals surface area contributed by atoms with Crippen LogP contribution in [0.25, 0.3) is 10.8 Å². The highest BCUT2D eigenvalue weighted by atomic mass is 16.5. The highest BCUT2D eigenvalue weighted by Gasteiger charge is 2.13. The molecule has 2 aromatic carbocycles. The first-order chi connectivity index (χ1) is 8.21. The number of hydrogen-bond acceptors (Lipinski definition) is 4. The number of phenols is 1. The van der Waals surface area contributed by atoms with Gasteiger partial charge < -0.3 is 14.6 Å². The number of carbonyl (C=O) groups excluding carboxylic acids is 1. The number of carbonyl (C=O) groups is 1. The SMILES string of the molecule is COc1ccc2c(O)c(C=O)c(OC)cc2c1. The van der Waals surface area contributed by atoms with Gasteiger partial charge in [0.05, 0.1) is 19.8 Å². The van der Waals surface area contributed by atoms with Gasteiger partial charge in [0, 0.05) is 5.39 Å². The quantitative estimate of drug-likeness (QED) is 0.825. The molecule has 0 aliphatic rings. The van der Waals surface area contributed by atoms with Gasteiger partial charge in [-0.25, -0.2) is 0 Å². The Morgan fingerprint density at radius 3 is 2.53 bits per heavy atom. The molecule has 0 saturated heterocycles. The Bertz CT molecular complexity index is 575. The van der Waals surface area contributed by atoms with E-state index in [4.69, 9.17) is 9.47 Å². The zero-order chi connectivity index (χ0) is 12.4. The minimum Gasteiger partial charge on any atom is -0.506 e. The molecular weight excluding hydrogens is 220 g/mol. The monoisotopic (exact) mass is 232 g/mol. The third-order valence-corrected chi connectivity index (χ3v) is 2.66. The van der Waals surface area contributed by atoms with Crippen molar-refractivity contribution in [1.29, 1.82) is 0 Å². The average molecular weight is 232 g/mol. The first kappa shape index (κ1) is 11.3. The van der Waals surface area contributed by atoms with Gasteiger partial charge in [0.25, 0.3) is 0 Å². The second kappa shape index (κ2) is 4.33. The van der Waals surface area contributed by atoms with Gasteiger partial charge in [-0.05, 0) is 29.7 Å². The summed E-state index contributed by atoms with van der Waals surface area (Å²) in [6.07, 6.45) is 0.581. The fraction of sp³-hybridized carbons (Fsp3) is 0.154. The maximum Gasteiger partial charge on any atom is 0.157 e. The maximum atomic E-state index is 10.9. The molecule has 0 amide bonds. The van der Waals surface area contributed by atoms with E-state index in [1.165, 1.54) is 7.11 Å². The summed E-state index contributed by atoms with van der Waals surface area (Å²) in [5, 5.41) is 11.3. The molecule has 0 aromatic heterocycles. The van der Waals surface area contributed by atoms with E-state index in [2.05, 4.69) is 0 Å². The second-order valence-electron chi connectivity index (χ2n) is 3.55. The van der Waals surface area contributed by atoms with Crippen LogP contribution in [0.2, 0.25) is 0 Å². The van der Waals surface area contributed by atoms with Crippen LogP contribution in [-0.4, -0.2) is 25.6 Å². The normalized spacial score (nSPS) is 10.2. The zero-order valence-electron chi connectivity index (χ0n) is 9.56. The first-order valence-electron chi connectivity index (χ1n) is 5.04. The number of aromatic hydroxyl groups is 1. The molecule has 0 radical (unpaired) electrons. The average Bonchev–Trinajstić information content (AvgIpc) is 2.37. The Morgan fingerprint density at radius 2 is 1.94 bits per heavy atom. The van der Waals surface area contributed by atoms with Gasteiger partial charge in [-0.15, -0.1) is 0 Å². The molecule has 0 bridgehead atoms. The predicted octanol–water partition coefficient (Wildman–Crippen LogP) is 2.38. The van der Waals surface area contributed by atoms with E-state index in [0.29, 0.717) is 23.2 Å². The van der Waals surface area contributed by atoms with Crippen LogP contribution in [0.5, 0.6) is 17.2 Å². The van der Waals surface area contributed by atoms with Gasteiger partial charge in [0.2, 0.25) is 0 Å². The molecule has 88 valence electrons. The smallest absolute Gasteiger partial charge is 0.157 e. The Kier molecular flexibility index (Phi) is 2.87. The van der Waals surface area contributed by atoms with Gasteiger partial charge >= 0.3 is 0 Å². The number of ether oxygens (including phenoxy) is 2. The number of fused-ring (bicyclic) bond motifs is 1. The van der Waals surface area contributed by atoms with E-state index >= 15 is 0 Å². The summed E-state index contributed by atoms with van der Waals surface area (Å²) in [5.74, 6) is 0.952. The van der Waals surface area contributed by atoms with Crippen molar-refractivity contribution in [3.63, 3.8) is 0 Å². The maximum absolute atomic E-state index is 10.9. The van der Waals surface area contributed by atoms with Gasteiger partial charge in [0.1, 0.15) is 17.2 Å². The Labute approximate surface area is 98.4 Å². The number of benzene rings is 2. The van der Waals surface area contributed by atoms with E-state index < -0.39 is 0 Å². The summed E-state index contributed by atoms with van der Waals surface area (Å²) in [4.78, 5) is 10.9. The van der Waals surface area contributed by atoms with E-state index in [0.717, 1.165) is 5.39 Å². The Morgan fingerprint density at radius 1 is 1.18 bits per heavy atom. The summed E-state index contributed by atoms with van der Waals surface area (Å²) in [5.41, 5.74) is 0.158. The van der Waals surface area contributed by atoms with Gasteiger partial charge in [-0.1, -0.05) is 0 Å². The van der Waals surface area contributed by atoms with Gasteiger partial charge in [-0.2, -0.15) is 0 Å². The van der Waals surface area contributed by atoms with Gasteiger partial charge in [0.15, 0.2) is 6.29 Å². The highest BCUT2D eigenvalue weighted by Crippen LogP contribution is 2.36.